The van der Waals surface area contributed by atoms with Gasteiger partial charge in [-0.25, -0.2) is 4.79 Å². The number of hydrogen-bond acceptors (Lipinski definition) is 5. The molecule has 0 spiro atoms. The minimum absolute atomic E-state index is 0.0512. The Morgan fingerprint density at radius 3 is 2.77 bits per heavy atom. The molecule has 0 aliphatic carbocycles. The van der Waals surface area contributed by atoms with Crippen LogP contribution < -0.4 is 10.9 Å². The highest BCUT2D eigenvalue weighted by Crippen LogP contribution is 2.24. The zero-order valence-electron chi connectivity index (χ0n) is 13.4. The lowest BCUT2D eigenvalue weighted by atomic mass is 10.1. The summed E-state index contributed by atoms with van der Waals surface area (Å²) in [7, 11) is 0. The monoisotopic (exact) mass is 347 g/mol. The first-order valence-electron chi connectivity index (χ1n) is 7.79. The van der Waals surface area contributed by atoms with E-state index in [-0.39, 0.29) is 16.9 Å². The van der Waals surface area contributed by atoms with Crippen LogP contribution in [0.15, 0.2) is 70.0 Å². The van der Waals surface area contributed by atoms with Crippen molar-refractivity contribution >= 4 is 22.6 Å². The third-order valence-electron chi connectivity index (χ3n) is 3.92. The van der Waals surface area contributed by atoms with Crippen LogP contribution in [-0.4, -0.2) is 21.2 Å². The molecule has 0 aliphatic rings. The Labute approximate surface area is 146 Å². The van der Waals surface area contributed by atoms with E-state index in [0.29, 0.717) is 11.1 Å². The Morgan fingerprint density at radius 1 is 1.12 bits per heavy atom. The lowest BCUT2D eigenvalue weighted by molar-refractivity contribution is 0.102. The van der Waals surface area contributed by atoms with E-state index in [1.807, 2.05) is 12.1 Å². The van der Waals surface area contributed by atoms with E-state index in [0.717, 1.165) is 11.3 Å². The summed E-state index contributed by atoms with van der Waals surface area (Å²) in [4.78, 5) is 24.6. The first-order chi connectivity index (χ1) is 12.6. The molecule has 0 atom stereocenters. The van der Waals surface area contributed by atoms with Crippen molar-refractivity contribution in [3.8, 4) is 17.0 Å². The number of aromatic hydroxyl groups is 1. The SMILES string of the molecule is O=C(Nc1cccc(-c2ccn[nH]2)c1)c1cc2cccc(O)c2oc1=O. The van der Waals surface area contributed by atoms with E-state index >= 15 is 0 Å². The Hall–Kier alpha value is -3.87. The molecule has 1 amide bonds. The molecular formula is C19H13N3O4. The molecule has 128 valence electrons. The molecule has 2 heterocycles. The van der Waals surface area contributed by atoms with Crippen molar-refractivity contribution in [3.05, 3.63) is 76.8 Å². The molecule has 26 heavy (non-hydrogen) atoms. The van der Waals surface area contributed by atoms with Gasteiger partial charge in [-0.15, -0.1) is 0 Å². The standard InChI is InChI=1S/C19H13N3O4/c23-16-6-2-4-12-10-14(19(25)26-17(12)16)18(24)21-13-5-1-3-11(9-13)15-7-8-20-22-15/h1-10,23H,(H,20,22)(H,21,24). The molecule has 7 nitrogen and oxygen atoms in total. The maximum absolute atomic E-state index is 12.5. The molecule has 7 heteroatoms. The van der Waals surface area contributed by atoms with Crippen molar-refractivity contribution in [2.24, 2.45) is 0 Å². The molecule has 2 aromatic heterocycles. The van der Waals surface area contributed by atoms with Crippen molar-refractivity contribution < 1.29 is 14.3 Å². The summed E-state index contributed by atoms with van der Waals surface area (Å²) in [6.07, 6.45) is 1.64. The first kappa shape index (κ1) is 15.6. The molecule has 4 aromatic rings. The van der Waals surface area contributed by atoms with Gasteiger partial charge in [0.05, 0.1) is 5.69 Å². The van der Waals surface area contributed by atoms with Gasteiger partial charge in [-0.3, -0.25) is 9.89 Å². The van der Waals surface area contributed by atoms with Crippen LogP contribution in [0.3, 0.4) is 0 Å². The molecule has 4 rings (SSSR count). The number of carbonyl (C=O) groups excluding carboxylic acids is 1. The molecule has 0 fully saturated rings. The maximum Gasteiger partial charge on any atom is 0.349 e. The number of aromatic nitrogens is 2. The summed E-state index contributed by atoms with van der Waals surface area (Å²) in [5.41, 5.74) is 1.27. The van der Waals surface area contributed by atoms with Gasteiger partial charge in [-0.1, -0.05) is 24.3 Å². The van der Waals surface area contributed by atoms with Gasteiger partial charge in [0, 0.05) is 22.8 Å². The van der Waals surface area contributed by atoms with E-state index in [1.54, 1.807) is 36.5 Å². The van der Waals surface area contributed by atoms with Crippen LogP contribution in [0.5, 0.6) is 5.75 Å². The van der Waals surface area contributed by atoms with Crippen LogP contribution >= 0.6 is 0 Å². The summed E-state index contributed by atoms with van der Waals surface area (Å²) in [5, 5.41) is 19.6. The fourth-order valence-electron chi connectivity index (χ4n) is 2.67. The molecule has 0 bridgehead atoms. The highest BCUT2D eigenvalue weighted by Gasteiger charge is 2.15. The van der Waals surface area contributed by atoms with Gasteiger partial charge >= 0.3 is 5.63 Å². The highest BCUT2D eigenvalue weighted by atomic mass is 16.4. The smallest absolute Gasteiger partial charge is 0.349 e. The Bertz CT molecular complexity index is 1160. The van der Waals surface area contributed by atoms with Gasteiger partial charge < -0.3 is 14.8 Å². The number of para-hydroxylation sites is 1. The van der Waals surface area contributed by atoms with Crippen LogP contribution in [-0.2, 0) is 0 Å². The van der Waals surface area contributed by atoms with E-state index in [1.165, 1.54) is 12.1 Å². The largest absolute Gasteiger partial charge is 0.504 e. The number of hydrogen-bond donors (Lipinski definition) is 3. The number of nitrogens with zero attached hydrogens (tertiary/aromatic N) is 1. The van der Waals surface area contributed by atoms with Crippen molar-refractivity contribution in [2.75, 3.05) is 5.32 Å². The van der Waals surface area contributed by atoms with Crippen LogP contribution in [0.2, 0.25) is 0 Å². The quantitative estimate of drug-likeness (QED) is 0.493. The Kier molecular flexibility index (Phi) is 3.74. The van der Waals surface area contributed by atoms with E-state index in [4.69, 9.17) is 4.42 Å². The normalized spacial score (nSPS) is 10.8. The summed E-state index contributed by atoms with van der Waals surface area (Å²) in [6, 6.07) is 15.0. The minimum atomic E-state index is -0.818. The number of rotatable bonds is 3. The minimum Gasteiger partial charge on any atom is -0.504 e. The van der Waals surface area contributed by atoms with Crippen LogP contribution in [0.1, 0.15) is 10.4 Å². The second-order valence-corrected chi connectivity index (χ2v) is 5.65. The third kappa shape index (κ3) is 2.82. The van der Waals surface area contributed by atoms with Crippen LogP contribution in [0.25, 0.3) is 22.2 Å². The fraction of sp³-hybridized carbons (Fsp3) is 0. The number of carbonyl (C=O) groups is 1. The number of fused-ring (bicyclic) bond motifs is 1. The average Bonchev–Trinajstić information content (AvgIpc) is 3.17. The molecule has 0 radical (unpaired) electrons. The highest BCUT2D eigenvalue weighted by molar-refractivity contribution is 6.05. The van der Waals surface area contributed by atoms with Gasteiger partial charge in [-0.05, 0) is 30.3 Å². The maximum atomic E-state index is 12.5. The number of H-pyrrole nitrogens is 1. The first-order valence-corrected chi connectivity index (χ1v) is 7.79. The molecule has 0 saturated heterocycles. The summed E-state index contributed by atoms with van der Waals surface area (Å²) in [6.45, 7) is 0. The van der Waals surface area contributed by atoms with E-state index in [2.05, 4.69) is 15.5 Å². The number of phenolic OH excluding ortho intramolecular Hbond substituents is 1. The zero-order chi connectivity index (χ0) is 18.1. The summed E-state index contributed by atoms with van der Waals surface area (Å²) >= 11 is 0. The molecule has 2 aromatic carbocycles. The van der Waals surface area contributed by atoms with E-state index in [9.17, 15) is 14.7 Å². The molecule has 0 saturated carbocycles. The van der Waals surface area contributed by atoms with Gasteiger partial charge in [0.1, 0.15) is 5.56 Å². The van der Waals surface area contributed by atoms with Crippen molar-refractivity contribution in [1.29, 1.82) is 0 Å². The van der Waals surface area contributed by atoms with Crippen molar-refractivity contribution in [3.63, 3.8) is 0 Å². The van der Waals surface area contributed by atoms with Gasteiger partial charge in [0.2, 0.25) is 0 Å². The van der Waals surface area contributed by atoms with Gasteiger partial charge in [-0.2, -0.15) is 5.10 Å². The second-order valence-electron chi connectivity index (χ2n) is 5.65. The number of aromatic amines is 1. The number of nitrogens with one attached hydrogen (secondary N) is 2. The van der Waals surface area contributed by atoms with Crippen LogP contribution in [0, 0.1) is 0 Å². The van der Waals surface area contributed by atoms with E-state index < -0.39 is 11.5 Å². The Morgan fingerprint density at radius 2 is 1.96 bits per heavy atom. The predicted octanol–water partition coefficient (Wildman–Crippen LogP) is 3.14. The number of phenols is 1. The molecule has 0 aliphatic heterocycles. The van der Waals surface area contributed by atoms with Gasteiger partial charge in [0.15, 0.2) is 11.3 Å². The molecule has 0 unspecified atom stereocenters. The zero-order valence-corrected chi connectivity index (χ0v) is 13.4. The Balaban J connectivity index is 1.67. The third-order valence-corrected chi connectivity index (χ3v) is 3.92. The fourth-order valence-corrected chi connectivity index (χ4v) is 2.67. The lowest BCUT2D eigenvalue weighted by Crippen LogP contribution is -2.20. The lowest BCUT2D eigenvalue weighted by Gasteiger charge is -2.07. The predicted molar refractivity (Wildman–Crippen MR) is 96.1 cm³/mol. The number of benzene rings is 2. The van der Waals surface area contributed by atoms with Crippen molar-refractivity contribution in [1.82, 2.24) is 10.2 Å². The number of anilines is 1. The average molecular weight is 347 g/mol. The summed E-state index contributed by atoms with van der Waals surface area (Å²) < 4.78 is 5.09. The van der Waals surface area contributed by atoms with Crippen molar-refractivity contribution in [2.45, 2.75) is 0 Å². The van der Waals surface area contributed by atoms with Crippen LogP contribution in [0.4, 0.5) is 5.69 Å². The summed E-state index contributed by atoms with van der Waals surface area (Å²) in [5.74, 6) is -0.746. The second kappa shape index (κ2) is 6.21. The molecular weight excluding hydrogens is 334 g/mol. The van der Waals surface area contributed by atoms with Gasteiger partial charge in [0.25, 0.3) is 5.91 Å². The number of amides is 1. The molecule has 3 N–H and O–H groups in total. The topological polar surface area (TPSA) is 108 Å².